The monoisotopic (exact) mass is 421 g/mol. The van der Waals surface area contributed by atoms with E-state index in [1.807, 2.05) is 42.7 Å². The molecule has 2 heterocycles. The molecule has 0 aliphatic carbocycles. The van der Waals surface area contributed by atoms with Gasteiger partial charge in [-0.25, -0.2) is 4.79 Å². The van der Waals surface area contributed by atoms with Crippen molar-refractivity contribution in [2.75, 3.05) is 13.2 Å². The molecule has 0 amide bonds. The first kappa shape index (κ1) is 20.5. The highest BCUT2D eigenvalue weighted by Crippen LogP contribution is 2.31. The Bertz CT molecular complexity index is 1120. The van der Waals surface area contributed by atoms with E-state index in [0.717, 1.165) is 17.1 Å². The number of ether oxygens (including phenoxy) is 3. The standard InChI is InChI=1S/C24H23NO6/c1-15-11-20(21(27)14-30-24(28)17-7-9-18(26)10-8-17)16(2)25(15)12-19-13-29-22-5-3-4-6-23(22)31-19/h3-11,19,26H,12-14H2,1-2H3/t19-/m1/s1. The first-order valence-corrected chi connectivity index (χ1v) is 9.97. The Kier molecular flexibility index (Phi) is 5.66. The summed E-state index contributed by atoms with van der Waals surface area (Å²) < 4.78 is 19.0. The number of hydrogen-bond acceptors (Lipinski definition) is 6. The molecule has 4 rings (SSSR count). The number of rotatable bonds is 6. The number of aromatic hydroxyl groups is 1. The zero-order valence-corrected chi connectivity index (χ0v) is 17.3. The van der Waals surface area contributed by atoms with E-state index in [2.05, 4.69) is 0 Å². The highest BCUT2D eigenvalue weighted by atomic mass is 16.6. The summed E-state index contributed by atoms with van der Waals surface area (Å²) >= 11 is 0. The summed E-state index contributed by atoms with van der Waals surface area (Å²) in [7, 11) is 0. The topological polar surface area (TPSA) is 87.0 Å². The Morgan fingerprint density at radius 3 is 2.55 bits per heavy atom. The van der Waals surface area contributed by atoms with E-state index in [9.17, 15) is 14.7 Å². The van der Waals surface area contributed by atoms with Crippen LogP contribution < -0.4 is 9.47 Å². The quantitative estimate of drug-likeness (QED) is 0.483. The van der Waals surface area contributed by atoms with Crippen LogP contribution in [0.25, 0.3) is 0 Å². The third kappa shape index (κ3) is 4.40. The van der Waals surface area contributed by atoms with Crippen LogP contribution in [0.1, 0.15) is 32.1 Å². The van der Waals surface area contributed by atoms with Crippen LogP contribution in [0.15, 0.2) is 54.6 Å². The van der Waals surface area contributed by atoms with Crippen LogP contribution in [0.3, 0.4) is 0 Å². The molecule has 1 atom stereocenters. The zero-order valence-electron chi connectivity index (χ0n) is 17.3. The Morgan fingerprint density at radius 1 is 1.10 bits per heavy atom. The molecule has 3 aromatic rings. The molecular formula is C24H23NO6. The van der Waals surface area contributed by atoms with E-state index < -0.39 is 5.97 Å². The molecule has 0 saturated carbocycles. The Labute approximate surface area is 179 Å². The predicted octanol–water partition coefficient (Wildman–Crippen LogP) is 3.69. The lowest BCUT2D eigenvalue weighted by molar-refractivity contribution is 0.0474. The molecule has 7 nitrogen and oxygen atoms in total. The summed E-state index contributed by atoms with van der Waals surface area (Å²) in [6, 6.07) is 15.0. The van der Waals surface area contributed by atoms with Gasteiger partial charge in [0.1, 0.15) is 12.4 Å². The highest BCUT2D eigenvalue weighted by molar-refractivity contribution is 6.00. The van der Waals surface area contributed by atoms with Gasteiger partial charge in [0.05, 0.1) is 12.1 Å². The van der Waals surface area contributed by atoms with Gasteiger partial charge in [-0.2, -0.15) is 0 Å². The number of carbonyl (C=O) groups excluding carboxylic acids is 2. The van der Waals surface area contributed by atoms with Crippen molar-refractivity contribution in [3.8, 4) is 17.2 Å². The first-order chi connectivity index (χ1) is 14.9. The molecule has 0 unspecified atom stereocenters. The summed E-state index contributed by atoms with van der Waals surface area (Å²) in [4.78, 5) is 24.8. The van der Waals surface area contributed by atoms with Gasteiger partial charge in [-0.3, -0.25) is 4.79 Å². The Balaban J connectivity index is 1.41. The van der Waals surface area contributed by atoms with Crippen molar-refractivity contribution < 1.29 is 28.9 Å². The molecule has 0 radical (unpaired) electrons. The van der Waals surface area contributed by atoms with E-state index in [1.54, 1.807) is 6.07 Å². The second-order valence-electron chi connectivity index (χ2n) is 7.44. The summed E-state index contributed by atoms with van der Waals surface area (Å²) in [6.07, 6.45) is -0.185. The molecule has 7 heteroatoms. The van der Waals surface area contributed by atoms with E-state index in [4.69, 9.17) is 14.2 Å². The van der Waals surface area contributed by atoms with Crippen molar-refractivity contribution >= 4 is 11.8 Å². The van der Waals surface area contributed by atoms with Gasteiger partial charge in [-0.15, -0.1) is 0 Å². The minimum Gasteiger partial charge on any atom is -0.508 e. The number of esters is 1. The second-order valence-corrected chi connectivity index (χ2v) is 7.44. The van der Waals surface area contributed by atoms with Crippen LogP contribution in [-0.4, -0.2) is 40.7 Å². The number of carbonyl (C=O) groups is 2. The Hall–Kier alpha value is -3.74. The summed E-state index contributed by atoms with van der Waals surface area (Å²) in [5.41, 5.74) is 2.47. The minimum atomic E-state index is -0.617. The highest BCUT2D eigenvalue weighted by Gasteiger charge is 2.24. The Morgan fingerprint density at radius 2 is 1.81 bits per heavy atom. The maximum Gasteiger partial charge on any atom is 0.338 e. The van der Waals surface area contributed by atoms with Crippen molar-refractivity contribution in [1.29, 1.82) is 0 Å². The molecule has 0 fully saturated rings. The summed E-state index contributed by atoms with van der Waals surface area (Å²) in [6.45, 7) is 4.37. The van der Waals surface area contributed by atoms with Gasteiger partial charge >= 0.3 is 5.97 Å². The number of phenols is 1. The number of para-hydroxylation sites is 2. The van der Waals surface area contributed by atoms with E-state index in [0.29, 0.717) is 24.5 Å². The van der Waals surface area contributed by atoms with Gasteiger partial charge in [0.15, 0.2) is 24.2 Å². The summed E-state index contributed by atoms with van der Waals surface area (Å²) in [5.74, 6) is 0.590. The van der Waals surface area contributed by atoms with Gasteiger partial charge in [-0.1, -0.05) is 12.1 Å². The lowest BCUT2D eigenvalue weighted by atomic mass is 10.1. The van der Waals surface area contributed by atoms with Crippen molar-refractivity contribution in [3.63, 3.8) is 0 Å². The van der Waals surface area contributed by atoms with Crippen LogP contribution >= 0.6 is 0 Å². The molecule has 1 aromatic heterocycles. The fourth-order valence-electron chi connectivity index (χ4n) is 3.61. The van der Waals surface area contributed by atoms with Crippen LogP contribution in [0.2, 0.25) is 0 Å². The molecule has 1 N–H and O–H groups in total. The molecule has 0 saturated heterocycles. The maximum absolute atomic E-state index is 12.7. The second kappa shape index (κ2) is 8.55. The van der Waals surface area contributed by atoms with Crippen molar-refractivity contribution in [2.24, 2.45) is 0 Å². The minimum absolute atomic E-state index is 0.0518. The number of hydrogen-bond donors (Lipinski definition) is 1. The number of phenolic OH excluding ortho intramolecular Hbond substituents is 1. The fourth-order valence-corrected chi connectivity index (χ4v) is 3.61. The predicted molar refractivity (Wildman–Crippen MR) is 113 cm³/mol. The van der Waals surface area contributed by atoms with Gasteiger partial charge in [0.2, 0.25) is 5.78 Å². The third-order valence-electron chi connectivity index (χ3n) is 5.27. The van der Waals surface area contributed by atoms with Gasteiger partial charge in [0, 0.05) is 17.0 Å². The first-order valence-electron chi connectivity index (χ1n) is 9.97. The number of ketones is 1. The smallest absolute Gasteiger partial charge is 0.338 e. The van der Waals surface area contributed by atoms with Gasteiger partial charge in [0.25, 0.3) is 0 Å². The number of benzene rings is 2. The summed E-state index contributed by atoms with van der Waals surface area (Å²) in [5, 5.41) is 9.30. The SMILES string of the molecule is Cc1cc(C(=O)COC(=O)c2ccc(O)cc2)c(C)n1C[C@@H]1COc2ccccc2O1. The average Bonchev–Trinajstić information content (AvgIpc) is 3.06. The molecule has 160 valence electrons. The maximum atomic E-state index is 12.7. The van der Waals surface area contributed by atoms with Crippen LogP contribution in [0.4, 0.5) is 0 Å². The number of fused-ring (bicyclic) bond motifs is 1. The molecule has 1 aliphatic rings. The van der Waals surface area contributed by atoms with Crippen molar-refractivity contribution in [1.82, 2.24) is 4.57 Å². The normalized spacial score (nSPS) is 14.8. The van der Waals surface area contributed by atoms with Crippen molar-refractivity contribution in [3.05, 3.63) is 77.1 Å². The van der Waals surface area contributed by atoms with Crippen LogP contribution in [-0.2, 0) is 11.3 Å². The molecular weight excluding hydrogens is 398 g/mol. The fraction of sp³-hybridized carbons (Fsp3) is 0.250. The number of aryl methyl sites for hydroxylation is 1. The van der Waals surface area contributed by atoms with E-state index in [-0.39, 0.29) is 29.8 Å². The lowest BCUT2D eigenvalue weighted by Crippen LogP contribution is -2.33. The van der Waals surface area contributed by atoms with Gasteiger partial charge < -0.3 is 23.9 Å². The van der Waals surface area contributed by atoms with E-state index in [1.165, 1.54) is 24.3 Å². The zero-order chi connectivity index (χ0) is 22.0. The van der Waals surface area contributed by atoms with E-state index >= 15 is 0 Å². The number of nitrogens with zero attached hydrogens (tertiary/aromatic N) is 1. The lowest BCUT2D eigenvalue weighted by Gasteiger charge is -2.27. The molecule has 0 bridgehead atoms. The number of aromatic nitrogens is 1. The molecule has 2 aromatic carbocycles. The van der Waals surface area contributed by atoms with Gasteiger partial charge in [-0.05, 0) is 56.3 Å². The molecule has 0 spiro atoms. The molecule has 31 heavy (non-hydrogen) atoms. The van der Waals surface area contributed by atoms with Crippen molar-refractivity contribution in [2.45, 2.75) is 26.5 Å². The average molecular weight is 421 g/mol. The third-order valence-corrected chi connectivity index (χ3v) is 5.27. The van der Waals surface area contributed by atoms with Crippen LogP contribution in [0.5, 0.6) is 17.2 Å². The molecule has 1 aliphatic heterocycles. The largest absolute Gasteiger partial charge is 0.508 e. The van der Waals surface area contributed by atoms with Crippen LogP contribution in [0, 0.1) is 13.8 Å². The number of Topliss-reactive ketones (excluding diaryl/α,β-unsaturated/α-hetero) is 1.